The number of benzene rings is 1. The molecule has 0 aliphatic carbocycles. The second-order valence-electron chi connectivity index (χ2n) is 7.10. The van der Waals surface area contributed by atoms with E-state index in [2.05, 4.69) is 10.4 Å². The fourth-order valence-corrected chi connectivity index (χ4v) is 5.00. The van der Waals surface area contributed by atoms with Gasteiger partial charge in [-0.2, -0.15) is 9.40 Å². The lowest BCUT2D eigenvalue weighted by molar-refractivity contribution is 0.0990. The Morgan fingerprint density at radius 3 is 2.63 bits per heavy atom. The first-order valence-electron chi connectivity index (χ1n) is 9.58. The molecule has 0 bridgehead atoms. The number of nitrogens with one attached hydrogen (secondary N) is 1. The number of sulfonamides is 1. The molecule has 4 rings (SSSR count). The first-order valence-corrected chi connectivity index (χ1v) is 11.4. The van der Waals surface area contributed by atoms with Crippen LogP contribution in [0.2, 0.25) is 5.02 Å². The summed E-state index contributed by atoms with van der Waals surface area (Å²) in [6, 6.07) is 11.4. The maximum atomic E-state index is 12.7. The van der Waals surface area contributed by atoms with Crippen LogP contribution >= 0.6 is 11.6 Å². The third-order valence-corrected chi connectivity index (χ3v) is 6.85. The van der Waals surface area contributed by atoms with E-state index in [1.807, 2.05) is 6.07 Å². The molecule has 3 aromatic rings. The summed E-state index contributed by atoms with van der Waals surface area (Å²) in [7, 11) is -3.74. The molecule has 0 saturated carbocycles. The molecule has 10 heteroatoms. The fraction of sp³-hybridized carbons (Fsp3) is 0.300. The van der Waals surface area contributed by atoms with Gasteiger partial charge in [0.05, 0.1) is 11.4 Å². The molecule has 1 fully saturated rings. The zero-order chi connectivity index (χ0) is 21.3. The number of nitrogens with zero attached hydrogens (tertiary/aromatic N) is 3. The number of hydrogen-bond donors (Lipinski definition) is 1. The number of furan rings is 1. The van der Waals surface area contributed by atoms with Crippen molar-refractivity contribution in [3.63, 3.8) is 0 Å². The summed E-state index contributed by atoms with van der Waals surface area (Å²) in [4.78, 5) is 12.7. The summed E-state index contributed by atoms with van der Waals surface area (Å²) in [6.07, 6.45) is 2.65. The molecule has 1 aromatic carbocycles. The van der Waals surface area contributed by atoms with Gasteiger partial charge in [0, 0.05) is 24.2 Å². The largest absolute Gasteiger partial charge is 0.438 e. The average Bonchev–Trinajstić information content (AvgIpc) is 3.36. The van der Waals surface area contributed by atoms with Crippen molar-refractivity contribution in [1.82, 2.24) is 14.1 Å². The lowest BCUT2D eigenvalue weighted by atomic mass is 10.2. The molecule has 1 amide bonds. The van der Waals surface area contributed by atoms with Crippen molar-refractivity contribution in [2.45, 2.75) is 31.3 Å². The number of aryl methyl sites for hydroxylation is 1. The monoisotopic (exact) mass is 448 g/mol. The van der Waals surface area contributed by atoms with Crippen LogP contribution in [0, 0.1) is 6.92 Å². The van der Waals surface area contributed by atoms with Crippen molar-refractivity contribution in [2.24, 2.45) is 0 Å². The van der Waals surface area contributed by atoms with Crippen molar-refractivity contribution in [3.8, 4) is 5.69 Å². The van der Waals surface area contributed by atoms with Crippen LogP contribution in [0.25, 0.3) is 5.69 Å². The zero-order valence-electron chi connectivity index (χ0n) is 16.3. The number of hydrogen-bond acceptors (Lipinski definition) is 5. The molecule has 0 radical (unpaired) electrons. The Balaban J connectivity index is 1.56. The number of anilines is 1. The van der Waals surface area contributed by atoms with Crippen LogP contribution in [0.5, 0.6) is 0 Å². The van der Waals surface area contributed by atoms with Crippen molar-refractivity contribution < 1.29 is 17.6 Å². The van der Waals surface area contributed by atoms with E-state index < -0.39 is 15.9 Å². The lowest BCUT2D eigenvalue weighted by Gasteiger charge is -2.24. The summed E-state index contributed by atoms with van der Waals surface area (Å²) < 4.78 is 33.8. The molecular formula is C20H21ClN4O4S. The number of aromatic nitrogens is 2. The highest BCUT2D eigenvalue weighted by molar-refractivity contribution is 7.89. The number of rotatable bonds is 5. The van der Waals surface area contributed by atoms with Gasteiger partial charge in [-0.25, -0.2) is 13.1 Å². The van der Waals surface area contributed by atoms with Gasteiger partial charge in [-0.15, -0.1) is 0 Å². The van der Waals surface area contributed by atoms with E-state index in [4.69, 9.17) is 16.0 Å². The molecule has 3 heterocycles. The second-order valence-corrected chi connectivity index (χ2v) is 9.41. The van der Waals surface area contributed by atoms with Gasteiger partial charge in [-0.1, -0.05) is 24.1 Å². The van der Waals surface area contributed by atoms with Crippen molar-refractivity contribution in [3.05, 3.63) is 58.9 Å². The predicted octanol–water partition coefficient (Wildman–Crippen LogP) is 3.85. The molecule has 1 saturated heterocycles. The number of carbonyl (C=O) groups is 1. The third kappa shape index (κ3) is 4.14. The Hall–Kier alpha value is -2.62. The summed E-state index contributed by atoms with van der Waals surface area (Å²) in [6.45, 7) is 2.72. The molecule has 1 N–H and O–H groups in total. The van der Waals surface area contributed by atoms with Crippen LogP contribution in [0.15, 0.2) is 52.0 Å². The molecule has 0 spiro atoms. The van der Waals surface area contributed by atoms with Gasteiger partial charge in [0.15, 0.2) is 5.76 Å². The zero-order valence-corrected chi connectivity index (χ0v) is 17.9. The summed E-state index contributed by atoms with van der Waals surface area (Å²) in [5, 5.41) is 7.42. The van der Waals surface area contributed by atoms with E-state index in [-0.39, 0.29) is 10.9 Å². The van der Waals surface area contributed by atoms with Crippen LogP contribution in [0.3, 0.4) is 0 Å². The molecular weight excluding hydrogens is 428 g/mol. The first-order chi connectivity index (χ1) is 14.3. The fourth-order valence-electron chi connectivity index (χ4n) is 3.38. The second kappa shape index (κ2) is 8.25. The number of halogens is 1. The molecule has 1 aliphatic rings. The van der Waals surface area contributed by atoms with E-state index in [0.29, 0.717) is 35.3 Å². The quantitative estimate of drug-likeness (QED) is 0.639. The Morgan fingerprint density at radius 2 is 1.90 bits per heavy atom. The van der Waals surface area contributed by atoms with E-state index in [1.165, 1.54) is 16.4 Å². The molecule has 0 atom stereocenters. The standard InChI is InChI=1S/C20H21ClN4O4S/c1-14-12-18(25(23-14)16-7-5-6-15(21)13-16)22-20(26)17-8-9-19(29-17)30(27,28)24-10-3-2-4-11-24/h5-9,12-13H,2-4,10-11H2,1H3,(H,22,26). The SMILES string of the molecule is Cc1cc(NC(=O)c2ccc(S(=O)(=O)N3CCCCC3)o2)n(-c2cccc(Cl)c2)n1. The van der Waals surface area contributed by atoms with Gasteiger partial charge in [0.1, 0.15) is 5.82 Å². The molecule has 1 aliphatic heterocycles. The molecule has 2 aromatic heterocycles. The molecule has 0 unspecified atom stereocenters. The highest BCUT2D eigenvalue weighted by Crippen LogP contribution is 2.24. The van der Waals surface area contributed by atoms with Gasteiger partial charge in [-0.3, -0.25) is 4.79 Å². The summed E-state index contributed by atoms with van der Waals surface area (Å²) in [5.74, 6) is -0.253. The highest BCUT2D eigenvalue weighted by atomic mass is 35.5. The van der Waals surface area contributed by atoms with E-state index in [0.717, 1.165) is 19.3 Å². The predicted molar refractivity (Wildman–Crippen MR) is 113 cm³/mol. The number of carbonyl (C=O) groups excluding carboxylic acids is 1. The Labute approximate surface area is 179 Å². The highest BCUT2D eigenvalue weighted by Gasteiger charge is 2.29. The van der Waals surface area contributed by atoms with E-state index in [1.54, 1.807) is 35.9 Å². The maximum Gasteiger partial charge on any atom is 0.292 e. The van der Waals surface area contributed by atoms with E-state index >= 15 is 0 Å². The van der Waals surface area contributed by atoms with Crippen molar-refractivity contribution in [1.29, 1.82) is 0 Å². The van der Waals surface area contributed by atoms with Crippen LogP contribution in [0.1, 0.15) is 35.5 Å². The van der Waals surface area contributed by atoms with Crippen LogP contribution in [-0.2, 0) is 10.0 Å². The minimum atomic E-state index is -3.74. The minimum Gasteiger partial charge on any atom is -0.438 e. The Kier molecular flexibility index (Phi) is 5.68. The number of piperidine rings is 1. The van der Waals surface area contributed by atoms with E-state index in [9.17, 15) is 13.2 Å². The van der Waals surface area contributed by atoms with Crippen LogP contribution < -0.4 is 5.32 Å². The van der Waals surface area contributed by atoms with Crippen molar-refractivity contribution in [2.75, 3.05) is 18.4 Å². The van der Waals surface area contributed by atoms with Crippen molar-refractivity contribution >= 4 is 33.3 Å². The average molecular weight is 449 g/mol. The Morgan fingerprint density at radius 1 is 1.13 bits per heavy atom. The van der Waals surface area contributed by atoms with Gasteiger partial charge in [0.2, 0.25) is 5.09 Å². The maximum absolute atomic E-state index is 12.7. The Bertz CT molecular complexity index is 1180. The van der Waals surface area contributed by atoms with Crippen LogP contribution in [-0.4, -0.2) is 41.5 Å². The number of amides is 1. The molecule has 8 nitrogen and oxygen atoms in total. The smallest absolute Gasteiger partial charge is 0.292 e. The summed E-state index contributed by atoms with van der Waals surface area (Å²) >= 11 is 6.06. The minimum absolute atomic E-state index is 0.0953. The topological polar surface area (TPSA) is 97.4 Å². The molecule has 30 heavy (non-hydrogen) atoms. The first kappa shape index (κ1) is 20.6. The van der Waals surface area contributed by atoms with Gasteiger partial charge < -0.3 is 9.73 Å². The summed E-state index contributed by atoms with van der Waals surface area (Å²) in [5.41, 5.74) is 1.37. The molecule has 158 valence electrons. The lowest BCUT2D eigenvalue weighted by Crippen LogP contribution is -2.35. The normalized spacial score (nSPS) is 15.3. The van der Waals surface area contributed by atoms with Gasteiger partial charge in [0.25, 0.3) is 15.9 Å². The van der Waals surface area contributed by atoms with Gasteiger partial charge >= 0.3 is 0 Å². The van der Waals surface area contributed by atoms with Gasteiger partial charge in [-0.05, 0) is 50.1 Å². The third-order valence-electron chi connectivity index (χ3n) is 4.84. The van der Waals surface area contributed by atoms with Crippen LogP contribution in [0.4, 0.5) is 5.82 Å².